The number of aliphatic hydroxyl groups is 1. The smallest absolute Gasteiger partial charge is 0.303 e. The molecule has 29 heavy (non-hydrogen) atoms. The van der Waals surface area contributed by atoms with Crippen LogP contribution in [0.2, 0.25) is 0 Å². The molecule has 1 amide bonds. The quantitative estimate of drug-likeness (QED) is 0.477. The number of aliphatic hydroxyl groups excluding tert-OH is 1. The fourth-order valence-corrected chi connectivity index (χ4v) is 4.59. The number of carbonyl (C=O) groups is 1. The third-order valence-electron chi connectivity index (χ3n) is 5.25. The summed E-state index contributed by atoms with van der Waals surface area (Å²) in [6.07, 6.45) is 1.09. The summed E-state index contributed by atoms with van der Waals surface area (Å²) in [5.41, 5.74) is 5.24. The molecule has 0 aliphatic carbocycles. The van der Waals surface area contributed by atoms with Crippen LogP contribution in [0.3, 0.4) is 0 Å². The molecule has 4 N–H and O–H groups in total. The van der Waals surface area contributed by atoms with E-state index in [1.54, 1.807) is 36.4 Å². The predicted molar refractivity (Wildman–Crippen MR) is 112 cm³/mol. The van der Waals surface area contributed by atoms with Crippen LogP contribution in [0.4, 0.5) is 0 Å². The van der Waals surface area contributed by atoms with Crippen LogP contribution in [0.1, 0.15) is 45.1 Å². The van der Waals surface area contributed by atoms with Crippen molar-refractivity contribution in [3.63, 3.8) is 0 Å². The maximum atomic E-state index is 12.6. The van der Waals surface area contributed by atoms with Crippen molar-refractivity contribution < 1.29 is 27.6 Å². The Hall–Kier alpha value is -2.00. The zero-order valence-corrected chi connectivity index (χ0v) is 17.6. The van der Waals surface area contributed by atoms with Crippen molar-refractivity contribution in [2.24, 2.45) is 11.7 Å². The van der Waals surface area contributed by atoms with Gasteiger partial charge in [0.25, 0.3) is 10.8 Å². The molecule has 0 aliphatic rings. The molecule has 8 heteroatoms. The third-order valence-corrected chi connectivity index (χ3v) is 6.58. The van der Waals surface area contributed by atoms with Crippen LogP contribution in [0.5, 0.6) is 0 Å². The van der Waals surface area contributed by atoms with Crippen molar-refractivity contribution in [3.8, 4) is 0 Å². The first-order valence-corrected chi connectivity index (χ1v) is 11.2. The van der Waals surface area contributed by atoms with Gasteiger partial charge in [0.2, 0.25) is 0 Å². The fourth-order valence-electron chi connectivity index (χ4n) is 3.51. The topological polar surface area (TPSA) is 127 Å². The number of primary amides is 1. The van der Waals surface area contributed by atoms with E-state index in [9.17, 15) is 22.9 Å². The van der Waals surface area contributed by atoms with Crippen molar-refractivity contribution >= 4 is 26.8 Å². The number of ether oxygens (including phenoxy) is 1. The van der Waals surface area contributed by atoms with Crippen molar-refractivity contribution in [2.75, 3.05) is 6.61 Å². The number of hydrogen-bond donors (Lipinski definition) is 3. The number of nitrogens with two attached hydrogens (primary N) is 1. The van der Waals surface area contributed by atoms with Gasteiger partial charge in [-0.15, -0.1) is 0 Å². The molecule has 0 saturated heterocycles. The molecular formula is C21H29NO6S. The Morgan fingerprint density at radius 3 is 2.41 bits per heavy atom. The Balaban J connectivity index is 2.68. The summed E-state index contributed by atoms with van der Waals surface area (Å²) in [7, 11) is -5.11. The molecule has 7 nitrogen and oxygen atoms in total. The van der Waals surface area contributed by atoms with Gasteiger partial charge in [0.1, 0.15) is 0 Å². The van der Waals surface area contributed by atoms with Crippen LogP contribution in [0.25, 0.3) is 10.8 Å². The van der Waals surface area contributed by atoms with Crippen LogP contribution in [-0.2, 0) is 24.6 Å². The predicted octanol–water partition coefficient (Wildman–Crippen LogP) is 2.96. The molecule has 0 aromatic heterocycles. The lowest BCUT2D eigenvalue weighted by Gasteiger charge is -2.35. The number of hydrogen-bond acceptors (Lipinski definition) is 5. The second-order valence-corrected chi connectivity index (χ2v) is 8.76. The van der Waals surface area contributed by atoms with Gasteiger partial charge in [-0.3, -0.25) is 9.35 Å². The number of carbonyl (C=O) groups excluding carboxylic acids is 1. The van der Waals surface area contributed by atoms with E-state index < -0.39 is 27.1 Å². The molecule has 2 aromatic rings. The first-order valence-electron chi connectivity index (χ1n) is 9.75. The first-order chi connectivity index (χ1) is 13.7. The second-order valence-electron chi connectivity index (χ2n) is 7.20. The zero-order valence-electron chi connectivity index (χ0n) is 16.7. The molecule has 0 saturated carbocycles. The van der Waals surface area contributed by atoms with Gasteiger partial charge >= 0.3 is 10.1 Å². The molecule has 3 atom stereocenters. The minimum absolute atomic E-state index is 0.00821. The van der Waals surface area contributed by atoms with E-state index in [1.165, 1.54) is 6.07 Å². The largest absolute Gasteiger partial charge is 0.379 e. The van der Waals surface area contributed by atoms with Gasteiger partial charge < -0.3 is 15.6 Å². The number of amides is 1. The minimum Gasteiger partial charge on any atom is -0.379 e. The van der Waals surface area contributed by atoms with Crippen molar-refractivity contribution in [1.82, 2.24) is 0 Å². The lowest BCUT2D eigenvalue weighted by atomic mass is 9.95. The molecule has 3 unspecified atom stereocenters. The van der Waals surface area contributed by atoms with E-state index in [-0.39, 0.29) is 18.1 Å². The highest BCUT2D eigenvalue weighted by molar-refractivity contribution is 7.86. The van der Waals surface area contributed by atoms with Gasteiger partial charge in [-0.2, -0.15) is 8.42 Å². The van der Waals surface area contributed by atoms with Crippen LogP contribution < -0.4 is 5.73 Å². The molecule has 160 valence electrons. The SMILES string of the molecule is CCCCC(CC)COC(c1cccc2ccccc12)(C(O)C(N)=O)S(=O)(=O)O. The maximum Gasteiger partial charge on any atom is 0.303 e. The Labute approximate surface area is 171 Å². The van der Waals surface area contributed by atoms with Crippen molar-refractivity contribution in [2.45, 2.75) is 50.6 Å². The fraction of sp³-hybridized carbons (Fsp3) is 0.476. The molecule has 0 aliphatic heterocycles. The average Bonchev–Trinajstić information content (AvgIpc) is 2.69. The average molecular weight is 424 g/mol. The summed E-state index contributed by atoms with van der Waals surface area (Å²) < 4.78 is 41.2. The van der Waals surface area contributed by atoms with Crippen LogP contribution >= 0.6 is 0 Å². The molecule has 0 spiro atoms. The molecule has 0 fully saturated rings. The van der Waals surface area contributed by atoms with Crippen molar-refractivity contribution in [1.29, 1.82) is 0 Å². The monoisotopic (exact) mass is 423 g/mol. The number of benzene rings is 2. The molecular weight excluding hydrogens is 394 g/mol. The van der Waals surface area contributed by atoms with Gasteiger partial charge in [-0.1, -0.05) is 75.6 Å². The van der Waals surface area contributed by atoms with E-state index in [0.29, 0.717) is 17.2 Å². The maximum absolute atomic E-state index is 12.6. The molecule has 2 aromatic carbocycles. The molecule has 0 radical (unpaired) electrons. The van der Waals surface area contributed by atoms with E-state index in [0.717, 1.165) is 19.3 Å². The van der Waals surface area contributed by atoms with Gasteiger partial charge in [-0.25, -0.2) is 0 Å². The summed E-state index contributed by atoms with van der Waals surface area (Å²) in [6, 6.07) is 11.6. The number of unbranched alkanes of at least 4 members (excludes halogenated alkanes) is 1. The second kappa shape index (κ2) is 9.67. The van der Waals surface area contributed by atoms with E-state index in [1.807, 2.05) is 13.8 Å². The summed E-state index contributed by atoms with van der Waals surface area (Å²) >= 11 is 0. The highest BCUT2D eigenvalue weighted by atomic mass is 32.2. The number of rotatable bonds is 11. The third kappa shape index (κ3) is 4.78. The highest BCUT2D eigenvalue weighted by Crippen LogP contribution is 2.40. The molecule has 0 heterocycles. The molecule has 0 bridgehead atoms. The van der Waals surface area contributed by atoms with Crippen LogP contribution in [0.15, 0.2) is 42.5 Å². The first kappa shape index (κ1) is 23.3. The van der Waals surface area contributed by atoms with Gasteiger partial charge in [-0.05, 0) is 23.1 Å². The van der Waals surface area contributed by atoms with Gasteiger partial charge in [0.15, 0.2) is 6.10 Å². The van der Waals surface area contributed by atoms with E-state index in [2.05, 4.69) is 0 Å². The van der Waals surface area contributed by atoms with Gasteiger partial charge in [0, 0.05) is 5.56 Å². The lowest BCUT2D eigenvalue weighted by Crippen LogP contribution is -2.54. The van der Waals surface area contributed by atoms with Crippen LogP contribution in [-0.4, -0.2) is 36.7 Å². The number of fused-ring (bicyclic) bond motifs is 1. The minimum atomic E-state index is -5.11. The van der Waals surface area contributed by atoms with E-state index in [4.69, 9.17) is 10.5 Å². The summed E-state index contributed by atoms with van der Waals surface area (Å²) in [5, 5.41) is 11.7. The highest BCUT2D eigenvalue weighted by Gasteiger charge is 2.56. The Kier molecular flexibility index (Phi) is 7.76. The summed E-state index contributed by atoms with van der Waals surface area (Å²) in [4.78, 5) is 9.18. The lowest BCUT2D eigenvalue weighted by molar-refractivity contribution is -0.143. The zero-order chi connectivity index (χ0) is 21.7. The Morgan fingerprint density at radius 2 is 1.83 bits per heavy atom. The van der Waals surface area contributed by atoms with Crippen molar-refractivity contribution in [3.05, 3.63) is 48.0 Å². The standard InChI is InChI=1S/C21H29NO6S/c1-3-5-9-15(4-2)14-28-21(29(25,26)27,19(23)20(22)24)18-13-8-11-16-10-6-7-12-17(16)18/h6-8,10-13,15,19,23H,3-5,9,14H2,1-2H3,(H2,22,24)(H,25,26,27). The van der Waals surface area contributed by atoms with Gasteiger partial charge in [0.05, 0.1) is 6.61 Å². The molecule has 2 rings (SSSR count). The Morgan fingerprint density at radius 1 is 1.17 bits per heavy atom. The summed E-state index contributed by atoms with van der Waals surface area (Å²) in [5.74, 6) is -1.32. The van der Waals surface area contributed by atoms with Crippen LogP contribution in [0, 0.1) is 5.92 Å². The normalized spacial score (nSPS) is 16.3. The summed E-state index contributed by atoms with van der Waals surface area (Å²) in [6.45, 7) is 3.92. The van der Waals surface area contributed by atoms with E-state index >= 15 is 0 Å². The Bertz CT molecular complexity index is 940.